The maximum absolute atomic E-state index is 9.87. The van der Waals surface area contributed by atoms with Crippen LogP contribution in [0, 0.1) is 0 Å². The van der Waals surface area contributed by atoms with Crippen LogP contribution in [0.3, 0.4) is 0 Å². The van der Waals surface area contributed by atoms with Gasteiger partial charge in [0.05, 0.1) is 19.1 Å². The van der Waals surface area contributed by atoms with Gasteiger partial charge in [-0.3, -0.25) is 0 Å². The van der Waals surface area contributed by atoms with Crippen LogP contribution in [-0.2, 0) is 10.3 Å². The third-order valence-electron chi connectivity index (χ3n) is 2.06. The molecule has 3 nitrogen and oxygen atoms in total. The van der Waals surface area contributed by atoms with Gasteiger partial charge in [-0.25, -0.2) is 0 Å². The van der Waals surface area contributed by atoms with E-state index in [0.29, 0.717) is 19.6 Å². The standard InChI is InChI=1S/C8H10O3/c9-8(2-4-11-6-8)7-1-3-10-5-7/h1,3,5,9H,2,4,6H2. The van der Waals surface area contributed by atoms with Crippen molar-refractivity contribution in [1.29, 1.82) is 0 Å². The van der Waals surface area contributed by atoms with E-state index in [9.17, 15) is 5.11 Å². The average molecular weight is 154 g/mol. The topological polar surface area (TPSA) is 42.6 Å². The zero-order valence-corrected chi connectivity index (χ0v) is 6.12. The molecular weight excluding hydrogens is 144 g/mol. The third kappa shape index (κ3) is 1.06. The Bertz CT molecular complexity index is 221. The van der Waals surface area contributed by atoms with Crippen LogP contribution < -0.4 is 0 Å². The fourth-order valence-electron chi connectivity index (χ4n) is 1.31. The Balaban J connectivity index is 2.27. The summed E-state index contributed by atoms with van der Waals surface area (Å²) in [5.41, 5.74) is 0.0162. The van der Waals surface area contributed by atoms with Crippen molar-refractivity contribution in [2.45, 2.75) is 12.0 Å². The molecule has 0 amide bonds. The predicted molar refractivity (Wildman–Crippen MR) is 38.0 cm³/mol. The fourth-order valence-corrected chi connectivity index (χ4v) is 1.31. The molecule has 1 aliphatic rings. The molecule has 3 heteroatoms. The average Bonchev–Trinajstić information content (AvgIpc) is 2.55. The molecule has 1 aromatic rings. The normalized spacial score (nSPS) is 31.0. The molecule has 2 heterocycles. The maximum atomic E-state index is 9.87. The van der Waals surface area contributed by atoms with Gasteiger partial charge in [0.15, 0.2) is 0 Å². The molecule has 1 fully saturated rings. The number of rotatable bonds is 1. The number of hydrogen-bond donors (Lipinski definition) is 1. The fraction of sp³-hybridized carbons (Fsp3) is 0.500. The van der Waals surface area contributed by atoms with Gasteiger partial charge in [-0.15, -0.1) is 0 Å². The highest BCUT2D eigenvalue weighted by molar-refractivity contribution is 5.17. The van der Waals surface area contributed by atoms with Gasteiger partial charge >= 0.3 is 0 Å². The first-order chi connectivity index (χ1) is 5.31. The molecule has 0 radical (unpaired) electrons. The highest BCUT2D eigenvalue weighted by atomic mass is 16.5. The zero-order valence-electron chi connectivity index (χ0n) is 6.12. The Kier molecular flexibility index (Phi) is 1.47. The molecule has 11 heavy (non-hydrogen) atoms. The van der Waals surface area contributed by atoms with Crippen molar-refractivity contribution >= 4 is 0 Å². The summed E-state index contributed by atoms with van der Waals surface area (Å²) in [6.07, 6.45) is 3.78. The summed E-state index contributed by atoms with van der Waals surface area (Å²) in [6, 6.07) is 1.77. The van der Waals surface area contributed by atoms with E-state index in [1.165, 1.54) is 0 Å². The molecule has 1 unspecified atom stereocenters. The van der Waals surface area contributed by atoms with E-state index in [0.717, 1.165) is 5.56 Å². The quantitative estimate of drug-likeness (QED) is 0.653. The second-order valence-electron chi connectivity index (χ2n) is 2.85. The van der Waals surface area contributed by atoms with Crippen molar-refractivity contribution in [2.75, 3.05) is 13.2 Å². The van der Waals surface area contributed by atoms with Crippen molar-refractivity contribution in [1.82, 2.24) is 0 Å². The third-order valence-corrected chi connectivity index (χ3v) is 2.06. The van der Waals surface area contributed by atoms with Crippen molar-refractivity contribution in [3.05, 3.63) is 24.2 Å². The first kappa shape index (κ1) is 6.88. The predicted octanol–water partition coefficient (Wildman–Crippen LogP) is 0.887. The van der Waals surface area contributed by atoms with Crippen molar-refractivity contribution < 1.29 is 14.3 Å². The largest absolute Gasteiger partial charge is 0.472 e. The maximum Gasteiger partial charge on any atom is 0.118 e. The number of aliphatic hydroxyl groups is 1. The summed E-state index contributed by atoms with van der Waals surface area (Å²) in [5.74, 6) is 0. The molecular formula is C8H10O3. The molecule has 2 rings (SSSR count). The van der Waals surface area contributed by atoms with Gasteiger partial charge in [-0.05, 0) is 6.07 Å². The lowest BCUT2D eigenvalue weighted by molar-refractivity contribution is 0.0227. The van der Waals surface area contributed by atoms with Crippen molar-refractivity contribution in [3.8, 4) is 0 Å². The highest BCUT2D eigenvalue weighted by Crippen LogP contribution is 2.29. The van der Waals surface area contributed by atoms with Crippen LogP contribution in [-0.4, -0.2) is 18.3 Å². The summed E-state index contributed by atoms with van der Waals surface area (Å²) < 4.78 is 9.97. The van der Waals surface area contributed by atoms with Crippen LogP contribution in [0.1, 0.15) is 12.0 Å². The summed E-state index contributed by atoms with van der Waals surface area (Å²) >= 11 is 0. The van der Waals surface area contributed by atoms with Crippen LogP contribution in [0.2, 0.25) is 0 Å². The van der Waals surface area contributed by atoms with Gasteiger partial charge in [0.25, 0.3) is 0 Å². The van der Waals surface area contributed by atoms with Gasteiger partial charge < -0.3 is 14.3 Å². The first-order valence-corrected chi connectivity index (χ1v) is 3.64. The van der Waals surface area contributed by atoms with Crippen LogP contribution in [0.5, 0.6) is 0 Å². The Morgan fingerprint density at radius 2 is 2.45 bits per heavy atom. The Morgan fingerprint density at radius 1 is 1.55 bits per heavy atom. The molecule has 0 spiro atoms. The number of furan rings is 1. The molecule has 1 aliphatic heterocycles. The van der Waals surface area contributed by atoms with Gasteiger partial charge in [-0.2, -0.15) is 0 Å². The Labute approximate surface area is 64.6 Å². The summed E-state index contributed by atoms with van der Waals surface area (Å²) in [7, 11) is 0. The van der Waals surface area contributed by atoms with Crippen LogP contribution in [0.25, 0.3) is 0 Å². The monoisotopic (exact) mass is 154 g/mol. The summed E-state index contributed by atoms with van der Waals surface area (Å²) in [4.78, 5) is 0. The lowest BCUT2D eigenvalue weighted by Crippen LogP contribution is -2.24. The van der Waals surface area contributed by atoms with Crippen LogP contribution in [0.4, 0.5) is 0 Å². The first-order valence-electron chi connectivity index (χ1n) is 3.64. The molecule has 1 N–H and O–H groups in total. The van der Waals surface area contributed by atoms with Crippen molar-refractivity contribution in [2.24, 2.45) is 0 Å². The molecule has 1 aromatic heterocycles. The lowest BCUT2D eigenvalue weighted by atomic mass is 9.96. The second-order valence-corrected chi connectivity index (χ2v) is 2.85. The van der Waals surface area contributed by atoms with E-state index in [1.807, 2.05) is 0 Å². The molecule has 60 valence electrons. The molecule has 1 saturated heterocycles. The zero-order chi connectivity index (χ0) is 7.73. The summed E-state index contributed by atoms with van der Waals surface area (Å²) in [5, 5.41) is 9.87. The Hall–Kier alpha value is -0.800. The van der Waals surface area contributed by atoms with Crippen LogP contribution >= 0.6 is 0 Å². The van der Waals surface area contributed by atoms with E-state index < -0.39 is 5.60 Å². The van der Waals surface area contributed by atoms with Gasteiger partial charge in [-0.1, -0.05) is 0 Å². The van der Waals surface area contributed by atoms with E-state index in [1.54, 1.807) is 18.6 Å². The van der Waals surface area contributed by atoms with Crippen LogP contribution in [0.15, 0.2) is 23.0 Å². The second kappa shape index (κ2) is 2.36. The van der Waals surface area contributed by atoms with E-state index in [2.05, 4.69) is 0 Å². The molecule has 1 atom stereocenters. The Morgan fingerprint density at radius 3 is 3.00 bits per heavy atom. The molecule has 0 aromatic carbocycles. The number of hydrogen-bond acceptors (Lipinski definition) is 3. The lowest BCUT2D eigenvalue weighted by Gasteiger charge is -2.17. The minimum Gasteiger partial charge on any atom is -0.472 e. The van der Waals surface area contributed by atoms with E-state index in [4.69, 9.17) is 9.15 Å². The SMILES string of the molecule is OC1(c2ccoc2)CCOC1. The molecule has 0 bridgehead atoms. The van der Waals surface area contributed by atoms with E-state index >= 15 is 0 Å². The molecule has 0 saturated carbocycles. The molecule has 0 aliphatic carbocycles. The van der Waals surface area contributed by atoms with Gasteiger partial charge in [0.2, 0.25) is 0 Å². The highest BCUT2D eigenvalue weighted by Gasteiger charge is 2.34. The van der Waals surface area contributed by atoms with Gasteiger partial charge in [0.1, 0.15) is 5.60 Å². The number of ether oxygens (including phenoxy) is 1. The minimum absolute atomic E-state index is 0.381. The van der Waals surface area contributed by atoms with E-state index in [-0.39, 0.29) is 0 Å². The van der Waals surface area contributed by atoms with Gasteiger partial charge in [0, 0.05) is 18.6 Å². The minimum atomic E-state index is -0.799. The van der Waals surface area contributed by atoms with Crippen molar-refractivity contribution in [3.63, 3.8) is 0 Å². The summed E-state index contributed by atoms with van der Waals surface area (Å²) in [6.45, 7) is 1.01. The smallest absolute Gasteiger partial charge is 0.118 e.